The quantitative estimate of drug-likeness (QED) is 0.832. The van der Waals surface area contributed by atoms with E-state index in [9.17, 15) is 14.0 Å². The lowest BCUT2D eigenvalue weighted by molar-refractivity contribution is -0.124. The lowest BCUT2D eigenvalue weighted by Gasteiger charge is -2.20. The molecule has 2 atom stereocenters. The predicted molar refractivity (Wildman–Crippen MR) is 105 cm³/mol. The fraction of sp³-hybridized carbons (Fsp3) is 0.364. The van der Waals surface area contributed by atoms with E-state index in [0.717, 1.165) is 12.0 Å². The molecule has 0 aromatic heterocycles. The Morgan fingerprint density at radius 2 is 1.86 bits per heavy atom. The summed E-state index contributed by atoms with van der Waals surface area (Å²) < 4.78 is 19.6. The summed E-state index contributed by atoms with van der Waals surface area (Å²) in [5, 5.41) is 2.93. The Labute approximate surface area is 164 Å². The molecule has 1 N–H and O–H groups in total. The fourth-order valence-electron chi connectivity index (χ4n) is 3.71. The van der Waals surface area contributed by atoms with Gasteiger partial charge >= 0.3 is 0 Å². The monoisotopic (exact) mass is 384 g/mol. The molecule has 0 aliphatic carbocycles. The van der Waals surface area contributed by atoms with Gasteiger partial charge < -0.3 is 15.0 Å². The summed E-state index contributed by atoms with van der Waals surface area (Å²) in [5.74, 6) is -1.01. The standard InChI is InChI=1S/C22H25FN2O3/c1-3-12-24-21(26)18-14-25(22(27)16-9-4-6-10-19(16)23)13-17(18)15-8-5-7-11-20(15)28-2/h4-11,17-18H,3,12-14H2,1-2H3,(H,24,26)/t17-,18+/m0/s1. The zero-order valence-electron chi connectivity index (χ0n) is 16.2. The second kappa shape index (κ2) is 8.87. The van der Waals surface area contributed by atoms with E-state index in [1.54, 1.807) is 24.1 Å². The lowest BCUT2D eigenvalue weighted by Crippen LogP contribution is -2.36. The summed E-state index contributed by atoms with van der Waals surface area (Å²) in [6.07, 6.45) is 0.829. The predicted octanol–water partition coefficient (Wildman–Crippen LogP) is 3.22. The van der Waals surface area contributed by atoms with Gasteiger partial charge in [-0.25, -0.2) is 4.39 Å². The zero-order valence-corrected chi connectivity index (χ0v) is 16.2. The minimum absolute atomic E-state index is 0.0240. The van der Waals surface area contributed by atoms with Gasteiger partial charge in [-0.15, -0.1) is 0 Å². The molecule has 2 aromatic rings. The Balaban J connectivity index is 1.91. The summed E-state index contributed by atoms with van der Waals surface area (Å²) in [6, 6.07) is 13.4. The van der Waals surface area contributed by atoms with Crippen LogP contribution in [-0.4, -0.2) is 43.5 Å². The molecule has 0 bridgehead atoms. The number of carbonyl (C=O) groups excluding carboxylic acids is 2. The first kappa shape index (κ1) is 19.9. The maximum atomic E-state index is 14.1. The second-order valence-electron chi connectivity index (χ2n) is 6.94. The van der Waals surface area contributed by atoms with Crippen molar-refractivity contribution in [2.24, 2.45) is 5.92 Å². The van der Waals surface area contributed by atoms with Crippen molar-refractivity contribution in [2.75, 3.05) is 26.7 Å². The Morgan fingerprint density at radius 3 is 2.57 bits per heavy atom. The van der Waals surface area contributed by atoms with Gasteiger partial charge in [0.15, 0.2) is 0 Å². The van der Waals surface area contributed by atoms with Crippen LogP contribution in [0.3, 0.4) is 0 Å². The molecule has 0 spiro atoms. The van der Waals surface area contributed by atoms with Crippen LogP contribution in [0.5, 0.6) is 5.75 Å². The molecule has 6 heteroatoms. The van der Waals surface area contributed by atoms with Crippen LogP contribution in [0.2, 0.25) is 0 Å². The van der Waals surface area contributed by atoms with Gasteiger partial charge in [0.1, 0.15) is 11.6 Å². The molecule has 148 valence electrons. The molecule has 2 aromatic carbocycles. The van der Waals surface area contributed by atoms with Gasteiger partial charge in [-0.2, -0.15) is 0 Å². The van der Waals surface area contributed by atoms with Gasteiger partial charge in [0.2, 0.25) is 5.91 Å². The first-order valence-electron chi connectivity index (χ1n) is 9.51. The third-order valence-corrected chi connectivity index (χ3v) is 5.14. The van der Waals surface area contributed by atoms with E-state index in [-0.39, 0.29) is 23.9 Å². The van der Waals surface area contributed by atoms with Crippen molar-refractivity contribution in [1.29, 1.82) is 0 Å². The van der Waals surface area contributed by atoms with Crippen molar-refractivity contribution < 1.29 is 18.7 Å². The molecule has 2 amide bonds. The fourth-order valence-corrected chi connectivity index (χ4v) is 3.71. The molecule has 5 nitrogen and oxygen atoms in total. The summed E-state index contributed by atoms with van der Waals surface area (Å²) in [6.45, 7) is 3.14. The van der Waals surface area contributed by atoms with E-state index in [0.29, 0.717) is 18.8 Å². The number of benzene rings is 2. The lowest BCUT2D eigenvalue weighted by atomic mass is 9.87. The third-order valence-electron chi connectivity index (χ3n) is 5.14. The van der Waals surface area contributed by atoms with E-state index in [1.807, 2.05) is 31.2 Å². The van der Waals surface area contributed by atoms with E-state index in [4.69, 9.17) is 4.74 Å². The molecule has 3 rings (SSSR count). The molecule has 1 heterocycles. The normalized spacial score (nSPS) is 18.8. The summed E-state index contributed by atoms with van der Waals surface area (Å²) in [5.41, 5.74) is 0.904. The van der Waals surface area contributed by atoms with Crippen molar-refractivity contribution in [2.45, 2.75) is 19.3 Å². The number of amides is 2. The number of hydrogen-bond acceptors (Lipinski definition) is 3. The number of likely N-dealkylation sites (tertiary alicyclic amines) is 1. The maximum Gasteiger partial charge on any atom is 0.256 e. The highest BCUT2D eigenvalue weighted by atomic mass is 19.1. The molecule has 28 heavy (non-hydrogen) atoms. The number of para-hydroxylation sites is 1. The van der Waals surface area contributed by atoms with Crippen LogP contribution >= 0.6 is 0 Å². The highest BCUT2D eigenvalue weighted by molar-refractivity contribution is 5.95. The van der Waals surface area contributed by atoms with Gasteiger partial charge in [-0.05, 0) is 30.2 Å². The number of rotatable bonds is 6. The highest BCUT2D eigenvalue weighted by Crippen LogP contribution is 2.38. The molecule has 1 aliphatic heterocycles. The number of hydrogen-bond donors (Lipinski definition) is 1. The van der Waals surface area contributed by atoms with Gasteiger partial charge in [-0.3, -0.25) is 9.59 Å². The molecule has 0 unspecified atom stereocenters. The van der Waals surface area contributed by atoms with Crippen LogP contribution in [0.15, 0.2) is 48.5 Å². The molecule has 1 aliphatic rings. The number of nitrogens with zero attached hydrogens (tertiary/aromatic N) is 1. The molecule has 0 saturated carbocycles. The number of carbonyl (C=O) groups is 2. The van der Waals surface area contributed by atoms with Crippen molar-refractivity contribution in [3.8, 4) is 5.75 Å². The second-order valence-corrected chi connectivity index (χ2v) is 6.94. The average molecular weight is 384 g/mol. The van der Waals surface area contributed by atoms with Crippen LogP contribution in [0.1, 0.15) is 35.2 Å². The van der Waals surface area contributed by atoms with E-state index in [2.05, 4.69) is 5.32 Å². The highest BCUT2D eigenvalue weighted by Gasteiger charge is 2.41. The zero-order chi connectivity index (χ0) is 20.1. The summed E-state index contributed by atoms with van der Waals surface area (Å²) in [7, 11) is 1.59. The van der Waals surface area contributed by atoms with Crippen LogP contribution in [0.4, 0.5) is 4.39 Å². The van der Waals surface area contributed by atoms with Gasteiger partial charge in [0.05, 0.1) is 18.6 Å². The summed E-state index contributed by atoms with van der Waals surface area (Å²) in [4.78, 5) is 27.3. The maximum absolute atomic E-state index is 14.1. The Kier molecular flexibility index (Phi) is 6.29. The first-order chi connectivity index (χ1) is 13.6. The number of nitrogens with one attached hydrogen (secondary N) is 1. The molecule has 1 fully saturated rings. The molecular weight excluding hydrogens is 359 g/mol. The third kappa shape index (κ3) is 4.01. The molecule has 1 saturated heterocycles. The smallest absolute Gasteiger partial charge is 0.256 e. The van der Waals surface area contributed by atoms with Crippen molar-refractivity contribution in [3.63, 3.8) is 0 Å². The van der Waals surface area contributed by atoms with Gasteiger partial charge in [0.25, 0.3) is 5.91 Å². The van der Waals surface area contributed by atoms with Crippen molar-refractivity contribution in [1.82, 2.24) is 10.2 Å². The number of ether oxygens (including phenoxy) is 1. The topological polar surface area (TPSA) is 58.6 Å². The Hall–Kier alpha value is -2.89. The van der Waals surface area contributed by atoms with Gasteiger partial charge in [-0.1, -0.05) is 37.3 Å². The average Bonchev–Trinajstić information content (AvgIpc) is 3.17. The van der Waals surface area contributed by atoms with Crippen LogP contribution in [-0.2, 0) is 4.79 Å². The minimum atomic E-state index is -0.555. The Morgan fingerprint density at radius 1 is 1.14 bits per heavy atom. The first-order valence-corrected chi connectivity index (χ1v) is 9.51. The van der Waals surface area contributed by atoms with E-state index < -0.39 is 17.6 Å². The largest absolute Gasteiger partial charge is 0.496 e. The molecule has 0 radical (unpaired) electrons. The van der Waals surface area contributed by atoms with E-state index >= 15 is 0 Å². The van der Waals surface area contributed by atoms with Crippen LogP contribution in [0, 0.1) is 11.7 Å². The number of methoxy groups -OCH3 is 1. The molecular formula is C22H25FN2O3. The van der Waals surface area contributed by atoms with Crippen molar-refractivity contribution >= 4 is 11.8 Å². The van der Waals surface area contributed by atoms with Crippen LogP contribution < -0.4 is 10.1 Å². The summed E-state index contributed by atoms with van der Waals surface area (Å²) >= 11 is 0. The SMILES string of the molecule is CCCNC(=O)[C@@H]1CN(C(=O)c2ccccc2F)C[C@H]1c1ccccc1OC. The number of halogens is 1. The van der Waals surface area contributed by atoms with Crippen molar-refractivity contribution in [3.05, 3.63) is 65.5 Å². The van der Waals surface area contributed by atoms with Crippen LogP contribution in [0.25, 0.3) is 0 Å². The van der Waals surface area contributed by atoms with Gasteiger partial charge in [0, 0.05) is 25.6 Å². The minimum Gasteiger partial charge on any atom is -0.496 e. The van der Waals surface area contributed by atoms with E-state index in [1.165, 1.54) is 12.1 Å². The Bertz CT molecular complexity index is 855.